The second-order valence-corrected chi connectivity index (χ2v) is 5.61. The van der Waals surface area contributed by atoms with Crippen molar-refractivity contribution in [2.45, 2.75) is 46.1 Å². The van der Waals surface area contributed by atoms with Crippen LogP contribution in [0.4, 0.5) is 0 Å². The molecule has 0 amide bonds. The van der Waals surface area contributed by atoms with Crippen LogP contribution >= 0.6 is 0 Å². The molecule has 2 heteroatoms. The van der Waals surface area contributed by atoms with Crippen LogP contribution in [0.3, 0.4) is 0 Å². The summed E-state index contributed by atoms with van der Waals surface area (Å²) in [6, 6.07) is 0. The number of hydrogen-bond acceptors (Lipinski definition) is 2. The minimum Gasteiger partial charge on any atom is -0.392 e. The normalized spacial score (nSPS) is 47.5. The van der Waals surface area contributed by atoms with Crippen molar-refractivity contribution < 1.29 is 9.90 Å². The number of fused-ring (bicyclic) bond motifs is 1. The van der Waals surface area contributed by atoms with Gasteiger partial charge in [-0.05, 0) is 30.1 Å². The average Bonchev–Trinajstić information content (AvgIpc) is 2.51. The quantitative estimate of drug-likeness (QED) is 0.696. The van der Waals surface area contributed by atoms with Gasteiger partial charge >= 0.3 is 0 Å². The van der Waals surface area contributed by atoms with Crippen molar-refractivity contribution in [1.82, 2.24) is 0 Å². The standard InChI is InChI=1S/C12H20O2/c1-7(2)8-6-10(14)11-9(13)4-5-12(8,11)3/h7-9,11,13H,4-6H2,1-3H3/t8-,9+,11+,12-/m1/s1. The number of hydrogen-bond donors (Lipinski definition) is 1. The number of aliphatic hydroxyl groups is 1. The van der Waals surface area contributed by atoms with Crippen LogP contribution in [0.5, 0.6) is 0 Å². The number of ketones is 1. The van der Waals surface area contributed by atoms with E-state index < -0.39 is 0 Å². The second-order valence-electron chi connectivity index (χ2n) is 5.61. The average molecular weight is 196 g/mol. The molecule has 80 valence electrons. The molecule has 0 unspecified atom stereocenters. The van der Waals surface area contributed by atoms with Crippen molar-refractivity contribution in [3.8, 4) is 0 Å². The molecule has 0 spiro atoms. The van der Waals surface area contributed by atoms with Gasteiger partial charge in [-0.15, -0.1) is 0 Å². The summed E-state index contributed by atoms with van der Waals surface area (Å²) < 4.78 is 0. The Morgan fingerprint density at radius 3 is 2.71 bits per heavy atom. The van der Waals surface area contributed by atoms with E-state index in [-0.39, 0.29) is 17.4 Å². The Labute approximate surface area is 85.7 Å². The monoisotopic (exact) mass is 196 g/mol. The van der Waals surface area contributed by atoms with Crippen LogP contribution in [0.2, 0.25) is 0 Å². The van der Waals surface area contributed by atoms with E-state index >= 15 is 0 Å². The van der Waals surface area contributed by atoms with Gasteiger partial charge in [-0.25, -0.2) is 0 Å². The third-order valence-electron chi connectivity index (χ3n) is 4.49. The number of carbonyl (C=O) groups excluding carboxylic acids is 1. The van der Waals surface area contributed by atoms with Crippen LogP contribution < -0.4 is 0 Å². The largest absolute Gasteiger partial charge is 0.392 e. The fraction of sp³-hybridized carbons (Fsp3) is 0.917. The van der Waals surface area contributed by atoms with E-state index in [1.165, 1.54) is 0 Å². The minimum atomic E-state index is -0.365. The fourth-order valence-electron chi connectivity index (χ4n) is 3.79. The number of carbonyl (C=O) groups is 1. The second kappa shape index (κ2) is 3.06. The van der Waals surface area contributed by atoms with Crippen LogP contribution in [-0.2, 0) is 4.79 Å². The van der Waals surface area contributed by atoms with E-state index in [0.29, 0.717) is 24.0 Å². The highest BCUT2D eigenvalue weighted by molar-refractivity contribution is 5.85. The first-order valence-corrected chi connectivity index (χ1v) is 5.67. The molecule has 0 saturated heterocycles. The molecule has 0 radical (unpaired) electrons. The molecule has 0 aromatic carbocycles. The van der Waals surface area contributed by atoms with Gasteiger partial charge < -0.3 is 5.11 Å². The maximum absolute atomic E-state index is 11.8. The maximum Gasteiger partial charge on any atom is 0.139 e. The summed E-state index contributed by atoms with van der Waals surface area (Å²) in [6.45, 7) is 6.58. The maximum atomic E-state index is 11.8. The molecule has 0 aromatic rings. The van der Waals surface area contributed by atoms with Crippen LogP contribution in [0.25, 0.3) is 0 Å². The van der Waals surface area contributed by atoms with Crippen molar-refractivity contribution in [1.29, 1.82) is 0 Å². The lowest BCUT2D eigenvalue weighted by Crippen LogP contribution is -2.31. The molecule has 2 aliphatic rings. The highest BCUT2D eigenvalue weighted by Gasteiger charge is 2.58. The molecule has 2 aliphatic carbocycles. The smallest absolute Gasteiger partial charge is 0.139 e. The Kier molecular flexibility index (Phi) is 2.22. The topological polar surface area (TPSA) is 37.3 Å². The van der Waals surface area contributed by atoms with Crippen molar-refractivity contribution in [2.24, 2.45) is 23.2 Å². The van der Waals surface area contributed by atoms with Gasteiger partial charge in [-0.2, -0.15) is 0 Å². The van der Waals surface area contributed by atoms with Crippen LogP contribution in [-0.4, -0.2) is 17.0 Å². The molecular formula is C12H20O2. The van der Waals surface area contributed by atoms with E-state index in [9.17, 15) is 9.90 Å². The molecule has 2 saturated carbocycles. The molecule has 0 aliphatic heterocycles. The summed E-state index contributed by atoms with van der Waals surface area (Å²) in [5.74, 6) is 1.28. The molecule has 0 aromatic heterocycles. The summed E-state index contributed by atoms with van der Waals surface area (Å²) in [6.07, 6.45) is 2.16. The first kappa shape index (κ1) is 10.2. The Balaban J connectivity index is 2.32. The van der Waals surface area contributed by atoms with Crippen molar-refractivity contribution in [2.75, 3.05) is 0 Å². The highest BCUT2D eigenvalue weighted by atomic mass is 16.3. The lowest BCUT2D eigenvalue weighted by atomic mass is 9.71. The van der Waals surface area contributed by atoms with Gasteiger partial charge in [-0.3, -0.25) is 4.79 Å². The molecule has 1 N–H and O–H groups in total. The van der Waals surface area contributed by atoms with Gasteiger partial charge in [0.15, 0.2) is 0 Å². The summed E-state index contributed by atoms with van der Waals surface area (Å²) in [7, 11) is 0. The number of rotatable bonds is 1. The Hall–Kier alpha value is -0.370. The zero-order chi connectivity index (χ0) is 10.5. The van der Waals surface area contributed by atoms with Gasteiger partial charge in [-0.1, -0.05) is 20.8 Å². The SMILES string of the molecule is CC(C)[C@H]1CC(=O)[C@@H]2[C@@H](O)CC[C@]12C. The molecular weight excluding hydrogens is 176 g/mol. The molecule has 2 fully saturated rings. The Morgan fingerprint density at radius 1 is 1.50 bits per heavy atom. The predicted octanol–water partition coefficient (Wildman–Crippen LogP) is 2.01. The van der Waals surface area contributed by atoms with Crippen molar-refractivity contribution >= 4 is 5.78 Å². The first-order chi connectivity index (χ1) is 6.47. The zero-order valence-electron chi connectivity index (χ0n) is 9.29. The number of Topliss-reactive ketones (excluding diaryl/α,β-unsaturated/α-hetero) is 1. The fourth-order valence-corrected chi connectivity index (χ4v) is 3.79. The summed E-state index contributed by atoms with van der Waals surface area (Å²) in [4.78, 5) is 11.8. The molecule has 14 heavy (non-hydrogen) atoms. The lowest BCUT2D eigenvalue weighted by molar-refractivity contribution is -0.124. The van der Waals surface area contributed by atoms with Crippen LogP contribution in [0.1, 0.15) is 40.0 Å². The van der Waals surface area contributed by atoms with Gasteiger partial charge in [0.1, 0.15) is 5.78 Å². The molecule has 4 atom stereocenters. The summed E-state index contributed by atoms with van der Waals surface area (Å²) in [5, 5.41) is 9.81. The van der Waals surface area contributed by atoms with E-state index in [1.807, 2.05) is 0 Å². The highest BCUT2D eigenvalue weighted by Crippen LogP contribution is 2.57. The van der Waals surface area contributed by atoms with Gasteiger partial charge in [0.05, 0.1) is 6.10 Å². The van der Waals surface area contributed by atoms with Gasteiger partial charge in [0.2, 0.25) is 0 Å². The van der Waals surface area contributed by atoms with Gasteiger partial charge in [0, 0.05) is 12.3 Å². The van der Waals surface area contributed by atoms with Crippen LogP contribution in [0, 0.1) is 23.2 Å². The van der Waals surface area contributed by atoms with Crippen LogP contribution in [0.15, 0.2) is 0 Å². The van der Waals surface area contributed by atoms with Gasteiger partial charge in [0.25, 0.3) is 0 Å². The first-order valence-electron chi connectivity index (χ1n) is 5.67. The van der Waals surface area contributed by atoms with E-state index in [4.69, 9.17) is 0 Å². The molecule has 0 bridgehead atoms. The zero-order valence-corrected chi connectivity index (χ0v) is 9.29. The van der Waals surface area contributed by atoms with E-state index in [0.717, 1.165) is 12.8 Å². The summed E-state index contributed by atoms with van der Waals surface area (Å²) >= 11 is 0. The lowest BCUT2D eigenvalue weighted by Gasteiger charge is -2.33. The molecule has 0 heterocycles. The predicted molar refractivity (Wildman–Crippen MR) is 54.8 cm³/mol. The third-order valence-corrected chi connectivity index (χ3v) is 4.49. The third kappa shape index (κ3) is 1.16. The summed E-state index contributed by atoms with van der Waals surface area (Å²) in [5.41, 5.74) is 0.0880. The van der Waals surface area contributed by atoms with E-state index in [2.05, 4.69) is 20.8 Å². The Morgan fingerprint density at radius 2 is 2.14 bits per heavy atom. The van der Waals surface area contributed by atoms with Crippen molar-refractivity contribution in [3.05, 3.63) is 0 Å². The molecule has 2 nitrogen and oxygen atoms in total. The number of aliphatic hydroxyl groups excluding tert-OH is 1. The Bertz CT molecular complexity index is 259. The molecule has 2 rings (SSSR count). The van der Waals surface area contributed by atoms with E-state index in [1.54, 1.807) is 0 Å². The van der Waals surface area contributed by atoms with Crippen molar-refractivity contribution in [3.63, 3.8) is 0 Å². The minimum absolute atomic E-state index is 0.0603.